The molecule has 1 unspecified atom stereocenters. The molecule has 104 valence electrons. The van der Waals surface area contributed by atoms with E-state index in [1.807, 2.05) is 30.3 Å². The van der Waals surface area contributed by atoms with Crippen molar-refractivity contribution in [3.8, 4) is 5.75 Å². The molecule has 0 aliphatic rings. The number of nitrogens with two attached hydrogens (primary N) is 1. The van der Waals surface area contributed by atoms with E-state index in [-0.39, 0.29) is 0 Å². The van der Waals surface area contributed by atoms with E-state index in [9.17, 15) is 4.79 Å². The van der Waals surface area contributed by atoms with Crippen molar-refractivity contribution < 1.29 is 14.6 Å². The molecule has 4 heteroatoms. The van der Waals surface area contributed by atoms with Crippen LogP contribution in [0.25, 0.3) is 0 Å². The molecular weight excluding hydrogens is 254 g/mol. The fourth-order valence-corrected chi connectivity index (χ4v) is 1.87. The van der Waals surface area contributed by atoms with Crippen LogP contribution >= 0.6 is 0 Å². The highest BCUT2D eigenvalue weighted by Gasteiger charge is 2.14. The predicted octanol–water partition coefficient (Wildman–Crippen LogP) is 2.39. The van der Waals surface area contributed by atoms with Gasteiger partial charge in [0, 0.05) is 6.42 Å². The Balaban J connectivity index is 1.93. The Morgan fingerprint density at radius 3 is 2.60 bits per heavy atom. The molecule has 1 atom stereocenters. The summed E-state index contributed by atoms with van der Waals surface area (Å²) in [6.45, 7) is 0.537. The van der Waals surface area contributed by atoms with E-state index in [4.69, 9.17) is 15.6 Å². The summed E-state index contributed by atoms with van der Waals surface area (Å²) in [6, 6.07) is 15.9. The zero-order valence-electron chi connectivity index (χ0n) is 11.0. The molecule has 2 aromatic carbocycles. The maximum absolute atomic E-state index is 10.8. The molecule has 0 bridgehead atoms. The lowest BCUT2D eigenvalue weighted by Crippen LogP contribution is -2.20. The van der Waals surface area contributed by atoms with Gasteiger partial charge in [-0.1, -0.05) is 42.5 Å². The lowest BCUT2D eigenvalue weighted by molar-refractivity contribution is -0.138. The maximum Gasteiger partial charge on any atom is 0.325 e. The number of aliphatic carboxylic acids is 1. The molecule has 0 heterocycles. The van der Waals surface area contributed by atoms with Crippen LogP contribution in [0.2, 0.25) is 0 Å². The lowest BCUT2D eigenvalue weighted by atomic mass is 10.1. The van der Waals surface area contributed by atoms with E-state index in [1.54, 1.807) is 24.3 Å². The van der Waals surface area contributed by atoms with E-state index >= 15 is 0 Å². The van der Waals surface area contributed by atoms with Crippen molar-refractivity contribution in [3.63, 3.8) is 0 Å². The number of rotatable bonds is 6. The largest absolute Gasteiger partial charge is 0.493 e. The Morgan fingerprint density at radius 1 is 1.15 bits per heavy atom. The maximum atomic E-state index is 10.8. The van der Waals surface area contributed by atoms with Crippen LogP contribution in [0, 0.1) is 0 Å². The minimum absolute atomic E-state index is 0.537. The summed E-state index contributed by atoms with van der Waals surface area (Å²) in [6.07, 6.45) is 0.802. The first-order valence-corrected chi connectivity index (χ1v) is 6.42. The number of benzene rings is 2. The molecule has 0 spiro atoms. The molecule has 4 nitrogen and oxygen atoms in total. The summed E-state index contributed by atoms with van der Waals surface area (Å²) < 4.78 is 5.63. The molecule has 2 aromatic rings. The third kappa shape index (κ3) is 3.83. The monoisotopic (exact) mass is 271 g/mol. The van der Waals surface area contributed by atoms with E-state index in [1.165, 1.54) is 5.56 Å². The van der Waals surface area contributed by atoms with Crippen LogP contribution in [-0.4, -0.2) is 17.7 Å². The SMILES string of the molecule is NC(C(=O)O)c1cccc(OCCc2ccccc2)c1. The van der Waals surface area contributed by atoms with Gasteiger partial charge in [0.25, 0.3) is 0 Å². The minimum atomic E-state index is -1.05. The van der Waals surface area contributed by atoms with Gasteiger partial charge in [-0.15, -0.1) is 0 Å². The molecule has 0 saturated heterocycles. The van der Waals surface area contributed by atoms with Gasteiger partial charge in [-0.2, -0.15) is 0 Å². The van der Waals surface area contributed by atoms with Crippen LogP contribution in [0.5, 0.6) is 5.75 Å². The van der Waals surface area contributed by atoms with Crippen molar-refractivity contribution in [2.24, 2.45) is 5.73 Å². The zero-order valence-corrected chi connectivity index (χ0v) is 11.0. The third-order valence-electron chi connectivity index (χ3n) is 2.99. The van der Waals surface area contributed by atoms with Gasteiger partial charge in [-0.25, -0.2) is 0 Å². The predicted molar refractivity (Wildman–Crippen MR) is 76.6 cm³/mol. The average molecular weight is 271 g/mol. The Kier molecular flexibility index (Phi) is 4.74. The highest BCUT2D eigenvalue weighted by Crippen LogP contribution is 2.18. The van der Waals surface area contributed by atoms with Crippen LogP contribution in [0.4, 0.5) is 0 Å². The number of carboxylic acid groups (broad SMARTS) is 1. The smallest absolute Gasteiger partial charge is 0.325 e. The number of ether oxygens (including phenoxy) is 1. The van der Waals surface area contributed by atoms with Gasteiger partial charge >= 0.3 is 5.97 Å². The van der Waals surface area contributed by atoms with Gasteiger partial charge in [-0.3, -0.25) is 4.79 Å². The minimum Gasteiger partial charge on any atom is -0.493 e. The molecule has 3 N–H and O–H groups in total. The first-order valence-electron chi connectivity index (χ1n) is 6.42. The molecule has 0 aliphatic carbocycles. The van der Waals surface area contributed by atoms with Crippen molar-refractivity contribution >= 4 is 5.97 Å². The first-order chi connectivity index (χ1) is 9.66. The van der Waals surface area contributed by atoms with E-state index in [0.29, 0.717) is 17.9 Å². The summed E-state index contributed by atoms with van der Waals surface area (Å²) in [4.78, 5) is 10.8. The molecule has 0 aromatic heterocycles. The van der Waals surface area contributed by atoms with Crippen LogP contribution < -0.4 is 10.5 Å². The number of hydrogen-bond acceptors (Lipinski definition) is 3. The Morgan fingerprint density at radius 2 is 1.90 bits per heavy atom. The summed E-state index contributed by atoms with van der Waals surface area (Å²) in [5.74, 6) is -0.415. The molecule has 0 saturated carbocycles. The van der Waals surface area contributed by atoms with Crippen LogP contribution in [0.3, 0.4) is 0 Å². The highest BCUT2D eigenvalue weighted by atomic mass is 16.5. The summed E-state index contributed by atoms with van der Waals surface area (Å²) >= 11 is 0. The Hall–Kier alpha value is -2.33. The van der Waals surface area contributed by atoms with Crippen LogP contribution in [0.1, 0.15) is 17.2 Å². The average Bonchev–Trinajstić information content (AvgIpc) is 2.48. The normalized spacial score (nSPS) is 11.8. The first kappa shape index (κ1) is 14.1. The molecule has 0 amide bonds. The van der Waals surface area contributed by atoms with E-state index in [2.05, 4.69) is 0 Å². The molecular formula is C16H17NO3. The quantitative estimate of drug-likeness (QED) is 0.846. The Bertz CT molecular complexity index is 569. The molecule has 0 fully saturated rings. The number of hydrogen-bond donors (Lipinski definition) is 2. The highest BCUT2D eigenvalue weighted by molar-refractivity contribution is 5.75. The second kappa shape index (κ2) is 6.73. The van der Waals surface area contributed by atoms with Gasteiger partial charge in [0.2, 0.25) is 0 Å². The van der Waals surface area contributed by atoms with E-state index < -0.39 is 12.0 Å². The topological polar surface area (TPSA) is 72.6 Å². The molecule has 0 radical (unpaired) electrons. The standard InChI is InChI=1S/C16H17NO3/c17-15(16(18)19)13-7-4-8-14(11-13)20-10-9-12-5-2-1-3-6-12/h1-8,11,15H,9-10,17H2,(H,18,19). The van der Waals surface area contributed by atoms with Crippen LogP contribution in [-0.2, 0) is 11.2 Å². The van der Waals surface area contributed by atoms with Crippen molar-refractivity contribution in [3.05, 3.63) is 65.7 Å². The second-order valence-corrected chi connectivity index (χ2v) is 4.47. The van der Waals surface area contributed by atoms with Crippen molar-refractivity contribution in [2.45, 2.75) is 12.5 Å². The zero-order chi connectivity index (χ0) is 14.4. The molecule has 2 rings (SSSR count). The Labute approximate surface area is 117 Å². The van der Waals surface area contributed by atoms with Crippen molar-refractivity contribution in [1.29, 1.82) is 0 Å². The van der Waals surface area contributed by atoms with Gasteiger partial charge in [0.05, 0.1) is 6.61 Å². The summed E-state index contributed by atoms with van der Waals surface area (Å²) in [5, 5.41) is 8.89. The van der Waals surface area contributed by atoms with Crippen molar-refractivity contribution in [2.75, 3.05) is 6.61 Å². The third-order valence-corrected chi connectivity index (χ3v) is 2.99. The van der Waals surface area contributed by atoms with Gasteiger partial charge in [0.1, 0.15) is 11.8 Å². The lowest BCUT2D eigenvalue weighted by Gasteiger charge is -2.10. The van der Waals surface area contributed by atoms with E-state index in [0.717, 1.165) is 6.42 Å². The molecule has 0 aliphatic heterocycles. The van der Waals surface area contributed by atoms with Gasteiger partial charge in [0.15, 0.2) is 0 Å². The van der Waals surface area contributed by atoms with Crippen LogP contribution in [0.15, 0.2) is 54.6 Å². The van der Waals surface area contributed by atoms with Gasteiger partial charge in [-0.05, 0) is 23.3 Å². The second-order valence-electron chi connectivity index (χ2n) is 4.47. The van der Waals surface area contributed by atoms with Crippen molar-refractivity contribution in [1.82, 2.24) is 0 Å². The van der Waals surface area contributed by atoms with Gasteiger partial charge < -0.3 is 15.6 Å². The fourth-order valence-electron chi connectivity index (χ4n) is 1.87. The molecule has 20 heavy (non-hydrogen) atoms. The number of carboxylic acids is 1. The fraction of sp³-hybridized carbons (Fsp3) is 0.188. The summed E-state index contributed by atoms with van der Waals surface area (Å²) in [5.41, 5.74) is 7.31. The summed E-state index contributed by atoms with van der Waals surface area (Å²) in [7, 11) is 0. The number of carbonyl (C=O) groups is 1.